The van der Waals surface area contributed by atoms with Crippen molar-refractivity contribution >= 4 is 28.2 Å². The molecule has 0 radical (unpaired) electrons. The number of nitrogens with zero attached hydrogens (tertiary/aromatic N) is 3. The normalized spacial score (nSPS) is 10.3. The van der Waals surface area contributed by atoms with Gasteiger partial charge in [-0.25, -0.2) is 4.98 Å². The lowest BCUT2D eigenvalue weighted by molar-refractivity contribution is 0.102. The van der Waals surface area contributed by atoms with E-state index in [0.717, 1.165) is 30.9 Å². The maximum Gasteiger partial charge on any atom is 0.257 e. The van der Waals surface area contributed by atoms with E-state index in [1.165, 1.54) is 11.3 Å². The Bertz CT molecular complexity index is 546. The number of aromatic nitrogens is 3. The van der Waals surface area contributed by atoms with Crippen molar-refractivity contribution in [3.63, 3.8) is 0 Å². The molecular formula is C13H17N5OS. The van der Waals surface area contributed by atoms with Crippen LogP contribution in [0, 0.1) is 0 Å². The number of hydrogen-bond donors (Lipinski definition) is 2. The van der Waals surface area contributed by atoms with Gasteiger partial charge < -0.3 is 5.32 Å². The second-order valence-corrected chi connectivity index (χ2v) is 5.04. The van der Waals surface area contributed by atoms with Crippen molar-refractivity contribution in [2.45, 2.75) is 26.7 Å². The Morgan fingerprint density at radius 1 is 1.35 bits per heavy atom. The molecule has 0 saturated heterocycles. The number of carbonyl (C=O) groups excluding carboxylic acids is 1. The lowest BCUT2D eigenvalue weighted by atomic mass is 10.1. The average molecular weight is 291 g/mol. The lowest BCUT2D eigenvalue weighted by Gasteiger charge is -2.09. The molecule has 2 aromatic rings. The summed E-state index contributed by atoms with van der Waals surface area (Å²) in [6, 6.07) is 3.57. The number of carbonyl (C=O) groups is 1. The van der Waals surface area contributed by atoms with Crippen LogP contribution in [-0.2, 0) is 6.42 Å². The molecule has 2 rings (SSSR count). The summed E-state index contributed by atoms with van der Waals surface area (Å²) in [6.45, 7) is 4.85. The molecule has 1 amide bonds. The van der Waals surface area contributed by atoms with Crippen LogP contribution in [0.5, 0.6) is 0 Å². The van der Waals surface area contributed by atoms with E-state index in [2.05, 4.69) is 32.7 Å². The fraction of sp³-hybridized carbons (Fsp3) is 0.385. The lowest BCUT2D eigenvalue weighted by Crippen LogP contribution is -2.14. The van der Waals surface area contributed by atoms with E-state index in [0.29, 0.717) is 10.7 Å². The Kier molecular flexibility index (Phi) is 5.00. The third-order valence-electron chi connectivity index (χ3n) is 2.59. The Morgan fingerprint density at radius 3 is 2.85 bits per heavy atom. The van der Waals surface area contributed by atoms with E-state index in [1.54, 1.807) is 11.6 Å². The third-order valence-corrected chi connectivity index (χ3v) is 3.19. The number of pyridine rings is 1. The second-order valence-electron chi connectivity index (χ2n) is 4.21. The highest BCUT2D eigenvalue weighted by molar-refractivity contribution is 7.13. The topological polar surface area (TPSA) is 79.8 Å². The average Bonchev–Trinajstić information content (AvgIpc) is 2.92. The van der Waals surface area contributed by atoms with Crippen LogP contribution in [-0.4, -0.2) is 27.6 Å². The first kappa shape index (κ1) is 14.4. The van der Waals surface area contributed by atoms with Gasteiger partial charge in [-0.2, -0.15) is 0 Å². The molecule has 0 unspecified atom stereocenters. The fourth-order valence-corrected chi connectivity index (χ4v) is 2.21. The number of hydrogen-bond acceptors (Lipinski definition) is 6. The maximum atomic E-state index is 12.2. The molecule has 0 aliphatic rings. The molecule has 0 saturated carbocycles. The van der Waals surface area contributed by atoms with E-state index in [-0.39, 0.29) is 5.91 Å². The van der Waals surface area contributed by atoms with Gasteiger partial charge in [-0.1, -0.05) is 24.7 Å². The molecule has 2 aromatic heterocycles. The zero-order valence-corrected chi connectivity index (χ0v) is 12.3. The van der Waals surface area contributed by atoms with Crippen molar-refractivity contribution in [3.8, 4) is 0 Å². The molecule has 0 bridgehead atoms. The number of anilines is 2. The predicted octanol–water partition coefficient (Wildman–Crippen LogP) is 2.57. The zero-order chi connectivity index (χ0) is 14.4. The van der Waals surface area contributed by atoms with Crippen LogP contribution in [0.25, 0.3) is 0 Å². The smallest absolute Gasteiger partial charge is 0.257 e. The molecule has 7 heteroatoms. The monoisotopic (exact) mass is 291 g/mol. The summed E-state index contributed by atoms with van der Waals surface area (Å²) in [6.07, 6.45) is 1.83. The van der Waals surface area contributed by atoms with Crippen molar-refractivity contribution in [1.29, 1.82) is 0 Å². The summed E-state index contributed by atoms with van der Waals surface area (Å²) in [5.41, 5.74) is 3.07. The molecule has 0 spiro atoms. The van der Waals surface area contributed by atoms with Crippen LogP contribution in [0.15, 0.2) is 17.6 Å². The van der Waals surface area contributed by atoms with E-state index in [1.807, 2.05) is 13.0 Å². The Morgan fingerprint density at radius 2 is 2.20 bits per heavy atom. The van der Waals surface area contributed by atoms with Gasteiger partial charge in [0.15, 0.2) is 0 Å². The number of nitrogens with one attached hydrogen (secondary N) is 2. The third kappa shape index (κ3) is 3.74. The van der Waals surface area contributed by atoms with Crippen LogP contribution < -0.4 is 10.6 Å². The predicted molar refractivity (Wildman–Crippen MR) is 80.3 cm³/mol. The highest BCUT2D eigenvalue weighted by atomic mass is 32.1. The van der Waals surface area contributed by atoms with E-state index < -0.39 is 0 Å². The maximum absolute atomic E-state index is 12.2. The molecule has 106 valence electrons. The molecular weight excluding hydrogens is 274 g/mol. The Hall–Kier alpha value is -2.02. The molecule has 2 N–H and O–H groups in total. The van der Waals surface area contributed by atoms with E-state index in [4.69, 9.17) is 0 Å². The van der Waals surface area contributed by atoms with Gasteiger partial charge >= 0.3 is 0 Å². The van der Waals surface area contributed by atoms with Gasteiger partial charge in [-0.05, 0) is 25.5 Å². The summed E-state index contributed by atoms with van der Waals surface area (Å²) in [5.74, 6) is 0.529. The second kappa shape index (κ2) is 6.95. The van der Waals surface area contributed by atoms with Crippen LogP contribution in [0.2, 0.25) is 0 Å². The van der Waals surface area contributed by atoms with Crippen molar-refractivity contribution in [3.05, 3.63) is 28.9 Å². The van der Waals surface area contributed by atoms with Crippen molar-refractivity contribution < 1.29 is 4.79 Å². The molecule has 0 aliphatic heterocycles. The Labute approximate surface area is 121 Å². The molecule has 2 heterocycles. The minimum atomic E-state index is -0.194. The van der Waals surface area contributed by atoms with Gasteiger partial charge in [0.1, 0.15) is 11.3 Å². The van der Waals surface area contributed by atoms with Gasteiger partial charge in [-0.15, -0.1) is 10.2 Å². The first-order chi connectivity index (χ1) is 9.72. The number of amides is 1. The van der Waals surface area contributed by atoms with E-state index in [9.17, 15) is 4.79 Å². The number of rotatable bonds is 6. The molecule has 0 atom stereocenters. The molecule has 20 heavy (non-hydrogen) atoms. The standard InChI is InChI=1S/C13H17N5OS/c1-3-5-10-6-9(7-11(16-10)14-4-2)12(19)17-13-18-15-8-20-13/h6-8H,3-5H2,1-2H3,(H,14,16)(H,17,18,19). The van der Waals surface area contributed by atoms with Gasteiger partial charge in [-0.3, -0.25) is 10.1 Å². The molecule has 0 fully saturated rings. The van der Waals surface area contributed by atoms with Gasteiger partial charge in [0.05, 0.1) is 0 Å². The zero-order valence-electron chi connectivity index (χ0n) is 11.5. The van der Waals surface area contributed by atoms with Crippen molar-refractivity contribution in [2.24, 2.45) is 0 Å². The summed E-state index contributed by atoms with van der Waals surface area (Å²) in [7, 11) is 0. The highest BCUT2D eigenvalue weighted by Crippen LogP contribution is 2.15. The molecule has 6 nitrogen and oxygen atoms in total. The Balaban J connectivity index is 2.22. The van der Waals surface area contributed by atoms with Crippen LogP contribution in [0.3, 0.4) is 0 Å². The SMILES string of the molecule is CCCc1cc(C(=O)Nc2nncs2)cc(NCC)n1. The first-order valence-electron chi connectivity index (χ1n) is 6.55. The summed E-state index contributed by atoms with van der Waals surface area (Å²) >= 11 is 1.29. The first-order valence-corrected chi connectivity index (χ1v) is 7.43. The quantitative estimate of drug-likeness (QED) is 0.855. The van der Waals surface area contributed by atoms with Crippen molar-refractivity contribution in [1.82, 2.24) is 15.2 Å². The summed E-state index contributed by atoms with van der Waals surface area (Å²) in [5, 5.41) is 13.9. The van der Waals surface area contributed by atoms with Gasteiger partial charge in [0, 0.05) is 17.8 Å². The van der Waals surface area contributed by atoms with Gasteiger partial charge in [0.25, 0.3) is 5.91 Å². The fourth-order valence-electron chi connectivity index (χ4n) is 1.77. The van der Waals surface area contributed by atoms with Gasteiger partial charge in [0.2, 0.25) is 5.13 Å². The summed E-state index contributed by atoms with van der Waals surface area (Å²) < 4.78 is 0. The van der Waals surface area contributed by atoms with Crippen molar-refractivity contribution in [2.75, 3.05) is 17.2 Å². The highest BCUT2D eigenvalue weighted by Gasteiger charge is 2.11. The van der Waals surface area contributed by atoms with E-state index >= 15 is 0 Å². The summed E-state index contributed by atoms with van der Waals surface area (Å²) in [4.78, 5) is 16.7. The largest absolute Gasteiger partial charge is 0.370 e. The molecule has 0 aromatic carbocycles. The minimum Gasteiger partial charge on any atom is -0.370 e. The molecule has 0 aliphatic carbocycles. The van der Waals surface area contributed by atoms with Crippen LogP contribution in [0.4, 0.5) is 10.9 Å². The number of aryl methyl sites for hydroxylation is 1. The van der Waals surface area contributed by atoms with Crippen LogP contribution in [0.1, 0.15) is 36.3 Å². The van der Waals surface area contributed by atoms with Crippen LogP contribution >= 0.6 is 11.3 Å². The minimum absolute atomic E-state index is 0.194.